The zero-order valence-electron chi connectivity index (χ0n) is 15.1. The number of guanidine groups is 1. The Hall–Kier alpha value is -2.51. The monoisotopic (exact) mass is 374 g/mol. The number of nitrogens with zero attached hydrogens (tertiary/aromatic N) is 2. The molecule has 0 amide bonds. The Morgan fingerprint density at radius 1 is 1.22 bits per heavy atom. The molecule has 27 heavy (non-hydrogen) atoms. The van der Waals surface area contributed by atoms with Crippen LogP contribution < -0.4 is 11.1 Å². The van der Waals surface area contributed by atoms with Gasteiger partial charge in [-0.1, -0.05) is 30.3 Å². The molecule has 0 radical (unpaired) electrons. The third-order valence-corrected chi connectivity index (χ3v) is 4.34. The average Bonchev–Trinajstić information content (AvgIpc) is 2.89. The normalized spacial score (nSPS) is 18.9. The van der Waals surface area contributed by atoms with E-state index in [1.807, 2.05) is 18.2 Å². The number of hydrogen-bond acceptors (Lipinski definition) is 3. The minimum Gasteiger partial charge on any atom is -0.375 e. The summed E-state index contributed by atoms with van der Waals surface area (Å²) >= 11 is 0. The SMILES string of the molecule is NC(=NCC1CN(Cc2ccccc2)CCCO1)Nc1cc(F)ccc1F. The van der Waals surface area contributed by atoms with E-state index in [0.29, 0.717) is 13.2 Å². The van der Waals surface area contributed by atoms with Crippen molar-refractivity contribution in [1.29, 1.82) is 0 Å². The summed E-state index contributed by atoms with van der Waals surface area (Å²) in [6, 6.07) is 13.4. The van der Waals surface area contributed by atoms with Crippen LogP contribution in [0.5, 0.6) is 0 Å². The van der Waals surface area contributed by atoms with Gasteiger partial charge >= 0.3 is 0 Å². The molecule has 1 aliphatic rings. The number of benzene rings is 2. The van der Waals surface area contributed by atoms with Crippen LogP contribution in [-0.2, 0) is 11.3 Å². The Bertz CT molecular complexity index is 770. The molecule has 1 saturated heterocycles. The lowest BCUT2D eigenvalue weighted by molar-refractivity contribution is 0.0600. The van der Waals surface area contributed by atoms with E-state index >= 15 is 0 Å². The molecule has 144 valence electrons. The Balaban J connectivity index is 1.56. The van der Waals surface area contributed by atoms with Gasteiger partial charge in [0.2, 0.25) is 0 Å². The Morgan fingerprint density at radius 3 is 2.85 bits per heavy atom. The average molecular weight is 374 g/mol. The summed E-state index contributed by atoms with van der Waals surface area (Å²) in [5.41, 5.74) is 7.04. The van der Waals surface area contributed by atoms with Crippen molar-refractivity contribution in [1.82, 2.24) is 4.90 Å². The van der Waals surface area contributed by atoms with Crippen LogP contribution in [0.25, 0.3) is 0 Å². The summed E-state index contributed by atoms with van der Waals surface area (Å²) in [4.78, 5) is 6.57. The second-order valence-electron chi connectivity index (χ2n) is 6.54. The van der Waals surface area contributed by atoms with Gasteiger partial charge in [-0.2, -0.15) is 0 Å². The molecular formula is C20H24F2N4O. The molecule has 0 saturated carbocycles. The highest BCUT2D eigenvalue weighted by atomic mass is 19.1. The molecule has 1 aliphatic heterocycles. The first-order valence-corrected chi connectivity index (χ1v) is 9.00. The first-order valence-electron chi connectivity index (χ1n) is 9.00. The molecule has 7 heteroatoms. The molecule has 0 spiro atoms. The van der Waals surface area contributed by atoms with E-state index in [1.165, 1.54) is 5.56 Å². The summed E-state index contributed by atoms with van der Waals surface area (Å²) in [5.74, 6) is -1.10. The van der Waals surface area contributed by atoms with Crippen LogP contribution in [0.3, 0.4) is 0 Å². The van der Waals surface area contributed by atoms with Gasteiger partial charge in [0.05, 0.1) is 18.3 Å². The van der Waals surface area contributed by atoms with E-state index in [9.17, 15) is 8.78 Å². The predicted molar refractivity (Wildman–Crippen MR) is 103 cm³/mol. The van der Waals surface area contributed by atoms with Crippen LogP contribution in [0.2, 0.25) is 0 Å². The molecule has 1 unspecified atom stereocenters. The van der Waals surface area contributed by atoms with Crippen molar-refractivity contribution >= 4 is 11.6 Å². The second kappa shape index (κ2) is 9.43. The van der Waals surface area contributed by atoms with E-state index in [-0.39, 0.29) is 17.8 Å². The Kier molecular flexibility index (Phi) is 6.73. The molecule has 1 atom stereocenters. The lowest BCUT2D eigenvalue weighted by Gasteiger charge is -2.23. The zero-order valence-corrected chi connectivity index (χ0v) is 15.1. The largest absolute Gasteiger partial charge is 0.375 e. The van der Waals surface area contributed by atoms with E-state index < -0.39 is 11.6 Å². The van der Waals surface area contributed by atoms with Crippen LogP contribution in [0.1, 0.15) is 12.0 Å². The number of nitrogens with one attached hydrogen (secondary N) is 1. The third kappa shape index (κ3) is 6.01. The maximum Gasteiger partial charge on any atom is 0.193 e. The minimum absolute atomic E-state index is 0.0296. The summed E-state index contributed by atoms with van der Waals surface area (Å²) in [6.07, 6.45) is 0.851. The second-order valence-corrected chi connectivity index (χ2v) is 6.54. The summed E-state index contributed by atoms with van der Waals surface area (Å²) < 4.78 is 32.7. The first-order chi connectivity index (χ1) is 13.1. The summed E-state index contributed by atoms with van der Waals surface area (Å²) in [6.45, 7) is 3.56. The highest BCUT2D eigenvalue weighted by Gasteiger charge is 2.18. The molecule has 2 aromatic carbocycles. The van der Waals surface area contributed by atoms with Crippen molar-refractivity contribution in [3.05, 3.63) is 65.7 Å². The molecule has 1 heterocycles. The van der Waals surface area contributed by atoms with E-state index in [2.05, 4.69) is 27.3 Å². The van der Waals surface area contributed by atoms with Crippen LogP contribution in [0.4, 0.5) is 14.5 Å². The van der Waals surface area contributed by atoms with Crippen molar-refractivity contribution in [2.24, 2.45) is 10.7 Å². The van der Waals surface area contributed by atoms with Gasteiger partial charge in [0.15, 0.2) is 5.96 Å². The molecule has 3 rings (SSSR count). The lowest BCUT2D eigenvalue weighted by Crippen LogP contribution is -2.34. The number of rotatable bonds is 5. The number of halogens is 2. The van der Waals surface area contributed by atoms with Gasteiger partial charge in [0.25, 0.3) is 0 Å². The number of hydrogen-bond donors (Lipinski definition) is 2. The van der Waals surface area contributed by atoms with E-state index in [0.717, 1.165) is 44.3 Å². The fraction of sp³-hybridized carbons (Fsp3) is 0.350. The van der Waals surface area contributed by atoms with Gasteiger partial charge in [-0.3, -0.25) is 9.89 Å². The van der Waals surface area contributed by atoms with Gasteiger partial charge < -0.3 is 15.8 Å². The molecule has 3 N–H and O–H groups in total. The van der Waals surface area contributed by atoms with Gasteiger partial charge in [-0.05, 0) is 24.1 Å². The van der Waals surface area contributed by atoms with Crippen molar-refractivity contribution < 1.29 is 13.5 Å². The number of anilines is 1. The summed E-state index contributed by atoms with van der Waals surface area (Å²) in [7, 11) is 0. The van der Waals surface area contributed by atoms with Crippen LogP contribution >= 0.6 is 0 Å². The van der Waals surface area contributed by atoms with Crippen molar-refractivity contribution in [3.63, 3.8) is 0 Å². The van der Waals surface area contributed by atoms with Gasteiger partial charge in [-0.15, -0.1) is 0 Å². The minimum atomic E-state index is -0.589. The number of aliphatic imine (C=N–C) groups is 1. The van der Waals surface area contributed by atoms with E-state index in [1.54, 1.807) is 0 Å². The fourth-order valence-corrected chi connectivity index (χ4v) is 3.04. The van der Waals surface area contributed by atoms with Crippen LogP contribution in [0.15, 0.2) is 53.5 Å². The quantitative estimate of drug-likeness (QED) is 0.624. The zero-order chi connectivity index (χ0) is 19.1. The van der Waals surface area contributed by atoms with Gasteiger partial charge in [0.1, 0.15) is 11.6 Å². The topological polar surface area (TPSA) is 62.9 Å². The molecular weight excluding hydrogens is 350 g/mol. The Labute approximate surface area is 157 Å². The molecule has 5 nitrogen and oxygen atoms in total. The smallest absolute Gasteiger partial charge is 0.193 e. The van der Waals surface area contributed by atoms with Crippen molar-refractivity contribution in [2.75, 3.05) is 31.6 Å². The lowest BCUT2D eigenvalue weighted by atomic mass is 10.2. The summed E-state index contributed by atoms with van der Waals surface area (Å²) in [5, 5.41) is 2.60. The number of ether oxygens (including phenoxy) is 1. The number of nitrogens with two attached hydrogens (primary N) is 1. The standard InChI is InChI=1S/C20H24F2N4O/c21-16-7-8-18(22)19(11-16)25-20(23)24-12-17-14-26(9-4-10-27-17)13-15-5-2-1-3-6-15/h1-3,5-8,11,17H,4,9-10,12-14H2,(H3,23,24,25). The maximum absolute atomic E-state index is 13.7. The molecule has 0 aliphatic carbocycles. The van der Waals surface area contributed by atoms with Gasteiger partial charge in [-0.25, -0.2) is 8.78 Å². The van der Waals surface area contributed by atoms with Crippen LogP contribution in [0, 0.1) is 11.6 Å². The predicted octanol–water partition coefficient (Wildman–Crippen LogP) is 2.98. The van der Waals surface area contributed by atoms with E-state index in [4.69, 9.17) is 10.5 Å². The third-order valence-electron chi connectivity index (χ3n) is 4.34. The Morgan fingerprint density at radius 2 is 2.04 bits per heavy atom. The molecule has 1 fully saturated rings. The fourth-order valence-electron chi connectivity index (χ4n) is 3.04. The van der Waals surface area contributed by atoms with Crippen molar-refractivity contribution in [2.45, 2.75) is 19.1 Å². The molecule has 2 aromatic rings. The van der Waals surface area contributed by atoms with Crippen LogP contribution in [-0.4, -0.2) is 43.2 Å². The molecule has 0 bridgehead atoms. The van der Waals surface area contributed by atoms with Crippen molar-refractivity contribution in [3.8, 4) is 0 Å². The molecule has 0 aromatic heterocycles. The highest BCUT2D eigenvalue weighted by molar-refractivity contribution is 5.92. The van der Waals surface area contributed by atoms with Gasteiger partial charge in [0, 0.05) is 32.3 Å². The maximum atomic E-state index is 13.7. The first kappa shape index (κ1) is 19.3. The highest BCUT2D eigenvalue weighted by Crippen LogP contribution is 2.15.